The highest BCUT2D eigenvalue weighted by Crippen LogP contribution is 2.18. The fourth-order valence-corrected chi connectivity index (χ4v) is 1.56. The van der Waals surface area contributed by atoms with Gasteiger partial charge in [0.25, 0.3) is 0 Å². The molecule has 72 valence electrons. The van der Waals surface area contributed by atoms with Gasteiger partial charge in [-0.1, -0.05) is 0 Å². The third-order valence-corrected chi connectivity index (χ3v) is 2.28. The van der Waals surface area contributed by atoms with Crippen LogP contribution in [0.1, 0.15) is 33.1 Å². The molecule has 0 aromatic rings. The monoisotopic (exact) mass is 173 g/mol. The van der Waals surface area contributed by atoms with Gasteiger partial charge in [-0.25, -0.2) is 0 Å². The number of hydrogen-bond donors (Lipinski definition) is 3. The van der Waals surface area contributed by atoms with Crippen molar-refractivity contribution in [3.63, 3.8) is 0 Å². The molecule has 1 fully saturated rings. The molecule has 0 amide bonds. The largest absolute Gasteiger partial charge is 0.392 e. The lowest BCUT2D eigenvalue weighted by atomic mass is 10.1. The van der Waals surface area contributed by atoms with Gasteiger partial charge in [0.1, 0.15) is 0 Å². The topological polar surface area (TPSA) is 52.5 Å². The van der Waals surface area contributed by atoms with E-state index in [-0.39, 0.29) is 12.1 Å². The van der Waals surface area contributed by atoms with Crippen molar-refractivity contribution in [3.05, 3.63) is 0 Å². The Hall–Kier alpha value is -0.120. The summed E-state index contributed by atoms with van der Waals surface area (Å²) in [7, 11) is 0. The molecular formula is C9H19NO2. The van der Waals surface area contributed by atoms with Crippen molar-refractivity contribution >= 4 is 0 Å². The van der Waals surface area contributed by atoms with E-state index in [2.05, 4.69) is 5.32 Å². The van der Waals surface area contributed by atoms with Crippen molar-refractivity contribution in [1.82, 2.24) is 5.32 Å². The lowest BCUT2D eigenvalue weighted by molar-refractivity contribution is 0.0667. The summed E-state index contributed by atoms with van der Waals surface area (Å²) in [6.07, 6.45) is 2.79. The van der Waals surface area contributed by atoms with E-state index >= 15 is 0 Å². The Morgan fingerprint density at radius 3 is 2.50 bits per heavy atom. The van der Waals surface area contributed by atoms with Crippen LogP contribution in [0.2, 0.25) is 0 Å². The number of hydrogen-bond acceptors (Lipinski definition) is 3. The molecule has 0 unspecified atom stereocenters. The van der Waals surface area contributed by atoms with Crippen LogP contribution in [-0.4, -0.2) is 34.5 Å². The first-order valence-corrected chi connectivity index (χ1v) is 4.63. The van der Waals surface area contributed by atoms with Crippen LogP contribution in [0.25, 0.3) is 0 Å². The zero-order chi connectivity index (χ0) is 9.19. The van der Waals surface area contributed by atoms with Gasteiger partial charge in [0.15, 0.2) is 0 Å². The van der Waals surface area contributed by atoms with Crippen molar-refractivity contribution in [2.45, 2.75) is 50.9 Å². The van der Waals surface area contributed by atoms with E-state index in [1.807, 2.05) is 0 Å². The summed E-state index contributed by atoms with van der Waals surface area (Å²) in [6.45, 7) is 4.08. The molecule has 3 nitrogen and oxygen atoms in total. The van der Waals surface area contributed by atoms with Gasteiger partial charge in [0.05, 0.1) is 11.7 Å². The molecule has 1 aliphatic rings. The maximum Gasteiger partial charge on any atom is 0.0715 e. The smallest absolute Gasteiger partial charge is 0.0715 e. The summed E-state index contributed by atoms with van der Waals surface area (Å²) in [6, 6.07) is 0.191. The fraction of sp³-hybridized carbons (Fsp3) is 1.00. The van der Waals surface area contributed by atoms with E-state index in [0.29, 0.717) is 6.54 Å². The molecule has 1 aliphatic carbocycles. The predicted molar refractivity (Wildman–Crippen MR) is 47.9 cm³/mol. The van der Waals surface area contributed by atoms with Gasteiger partial charge in [-0.2, -0.15) is 0 Å². The second kappa shape index (κ2) is 3.73. The molecule has 0 aromatic carbocycles. The molecule has 0 heterocycles. The zero-order valence-corrected chi connectivity index (χ0v) is 7.88. The number of nitrogens with one attached hydrogen (secondary N) is 1. The molecule has 3 heteroatoms. The van der Waals surface area contributed by atoms with E-state index in [0.717, 1.165) is 19.3 Å². The third kappa shape index (κ3) is 3.09. The third-order valence-electron chi connectivity index (χ3n) is 2.28. The molecule has 0 bridgehead atoms. The van der Waals surface area contributed by atoms with Gasteiger partial charge in [-0.3, -0.25) is 0 Å². The number of aliphatic hydroxyl groups excluding tert-OH is 1. The molecular weight excluding hydrogens is 154 g/mol. The van der Waals surface area contributed by atoms with Gasteiger partial charge in [0.2, 0.25) is 0 Å². The van der Waals surface area contributed by atoms with Crippen LogP contribution < -0.4 is 5.32 Å². The normalized spacial score (nSPS) is 31.0. The first-order chi connectivity index (χ1) is 5.49. The SMILES string of the molecule is CC(C)(O)CN[C@H]1CCC[C@@H]1O. The minimum Gasteiger partial charge on any atom is -0.392 e. The predicted octanol–water partition coefficient (Wildman–Crippen LogP) is 0.260. The van der Waals surface area contributed by atoms with E-state index < -0.39 is 5.60 Å². The minimum atomic E-state index is -0.678. The fourth-order valence-electron chi connectivity index (χ4n) is 1.56. The standard InChI is InChI=1S/C9H19NO2/c1-9(2,12)6-10-7-4-3-5-8(7)11/h7-8,10-12H,3-6H2,1-2H3/t7-,8-/m0/s1. The molecule has 2 atom stereocenters. The number of aliphatic hydroxyl groups is 2. The van der Waals surface area contributed by atoms with Crippen molar-refractivity contribution in [1.29, 1.82) is 0 Å². The van der Waals surface area contributed by atoms with Gasteiger partial charge < -0.3 is 15.5 Å². The highest BCUT2D eigenvalue weighted by Gasteiger charge is 2.26. The molecule has 0 aliphatic heterocycles. The summed E-state index contributed by atoms with van der Waals surface area (Å²) < 4.78 is 0. The van der Waals surface area contributed by atoms with E-state index in [1.54, 1.807) is 13.8 Å². The summed E-state index contributed by atoms with van der Waals surface area (Å²) >= 11 is 0. The van der Waals surface area contributed by atoms with Crippen LogP contribution >= 0.6 is 0 Å². The Morgan fingerprint density at radius 1 is 1.42 bits per heavy atom. The molecule has 12 heavy (non-hydrogen) atoms. The lowest BCUT2D eigenvalue weighted by Crippen LogP contribution is -2.43. The highest BCUT2D eigenvalue weighted by molar-refractivity contribution is 4.84. The maximum atomic E-state index is 9.44. The summed E-state index contributed by atoms with van der Waals surface area (Å²) in [4.78, 5) is 0. The van der Waals surface area contributed by atoms with E-state index in [1.165, 1.54) is 0 Å². The first kappa shape index (κ1) is 9.96. The van der Waals surface area contributed by atoms with Crippen molar-refractivity contribution in [2.75, 3.05) is 6.54 Å². The Morgan fingerprint density at radius 2 is 2.08 bits per heavy atom. The summed E-state index contributed by atoms with van der Waals surface area (Å²) in [5.74, 6) is 0. The highest BCUT2D eigenvalue weighted by atomic mass is 16.3. The summed E-state index contributed by atoms with van der Waals surface area (Å²) in [5, 5.41) is 22.0. The second-order valence-electron chi connectivity index (χ2n) is 4.30. The van der Waals surface area contributed by atoms with Crippen molar-refractivity contribution in [3.8, 4) is 0 Å². The molecule has 3 N–H and O–H groups in total. The van der Waals surface area contributed by atoms with Gasteiger partial charge in [-0.05, 0) is 33.1 Å². The van der Waals surface area contributed by atoms with E-state index in [4.69, 9.17) is 0 Å². The van der Waals surface area contributed by atoms with Crippen LogP contribution in [0.5, 0.6) is 0 Å². The lowest BCUT2D eigenvalue weighted by Gasteiger charge is -2.23. The second-order valence-corrected chi connectivity index (χ2v) is 4.30. The van der Waals surface area contributed by atoms with Crippen LogP contribution in [-0.2, 0) is 0 Å². The Labute approximate surface area is 73.8 Å². The molecule has 0 saturated heterocycles. The van der Waals surface area contributed by atoms with Gasteiger partial charge in [-0.15, -0.1) is 0 Å². The van der Waals surface area contributed by atoms with Gasteiger partial charge >= 0.3 is 0 Å². The van der Waals surface area contributed by atoms with E-state index in [9.17, 15) is 10.2 Å². The Bertz CT molecular complexity index is 142. The van der Waals surface area contributed by atoms with Crippen molar-refractivity contribution < 1.29 is 10.2 Å². The van der Waals surface area contributed by atoms with Crippen LogP contribution in [0.4, 0.5) is 0 Å². The Balaban J connectivity index is 2.23. The van der Waals surface area contributed by atoms with Crippen LogP contribution in [0.15, 0.2) is 0 Å². The summed E-state index contributed by atoms with van der Waals surface area (Å²) in [5.41, 5.74) is -0.678. The molecule has 1 saturated carbocycles. The maximum absolute atomic E-state index is 9.44. The number of rotatable bonds is 3. The Kier molecular flexibility index (Phi) is 3.09. The quantitative estimate of drug-likeness (QED) is 0.574. The molecule has 0 spiro atoms. The van der Waals surface area contributed by atoms with Gasteiger partial charge in [0, 0.05) is 12.6 Å². The average molecular weight is 173 g/mol. The zero-order valence-electron chi connectivity index (χ0n) is 7.88. The van der Waals surface area contributed by atoms with Crippen LogP contribution in [0.3, 0.4) is 0 Å². The first-order valence-electron chi connectivity index (χ1n) is 4.63. The molecule has 0 aromatic heterocycles. The van der Waals surface area contributed by atoms with Crippen molar-refractivity contribution in [2.24, 2.45) is 0 Å². The molecule has 0 radical (unpaired) electrons. The minimum absolute atomic E-state index is 0.191. The van der Waals surface area contributed by atoms with Crippen LogP contribution in [0, 0.1) is 0 Å². The average Bonchev–Trinajstić information content (AvgIpc) is 2.29. The molecule has 1 rings (SSSR count).